The molecule has 3 heterocycles. The predicted octanol–water partition coefficient (Wildman–Crippen LogP) is 4.21. The van der Waals surface area contributed by atoms with Gasteiger partial charge in [-0.05, 0) is 48.9 Å². The van der Waals surface area contributed by atoms with Gasteiger partial charge in [0.1, 0.15) is 17.0 Å². The van der Waals surface area contributed by atoms with Crippen molar-refractivity contribution in [2.75, 3.05) is 11.6 Å². The minimum atomic E-state index is -3.22. The summed E-state index contributed by atoms with van der Waals surface area (Å²) in [4.78, 5) is 15.2. The standard InChI is InChI=1S/C19H16N4O2S2/c1-12-7-8-20-10-16(12)17-9-15-18(21-11-22-19(15)26-17)23-13-3-5-14(6-4-13)27(2,24)25/h3-11H,1-2H3,(H,21,22,23). The first-order chi connectivity index (χ1) is 12.9. The molecule has 1 N–H and O–H groups in total. The number of rotatable bonds is 4. The van der Waals surface area contributed by atoms with Crippen molar-refractivity contribution < 1.29 is 8.42 Å². The maximum atomic E-state index is 11.6. The number of benzene rings is 1. The van der Waals surface area contributed by atoms with Crippen LogP contribution in [0.3, 0.4) is 0 Å². The lowest BCUT2D eigenvalue weighted by Gasteiger charge is -2.07. The Bertz CT molecular complexity index is 1230. The van der Waals surface area contributed by atoms with Gasteiger partial charge in [0, 0.05) is 34.8 Å². The fraction of sp³-hybridized carbons (Fsp3) is 0.105. The SMILES string of the molecule is Cc1ccncc1-c1cc2c(Nc3ccc(S(C)(=O)=O)cc3)ncnc2s1. The van der Waals surface area contributed by atoms with E-state index >= 15 is 0 Å². The van der Waals surface area contributed by atoms with E-state index in [1.165, 1.54) is 12.6 Å². The van der Waals surface area contributed by atoms with E-state index < -0.39 is 9.84 Å². The van der Waals surface area contributed by atoms with Crippen LogP contribution < -0.4 is 5.32 Å². The van der Waals surface area contributed by atoms with Gasteiger partial charge in [-0.1, -0.05) is 0 Å². The Labute approximate surface area is 160 Å². The molecule has 1 aromatic carbocycles. The van der Waals surface area contributed by atoms with Gasteiger partial charge in [0.05, 0.1) is 10.3 Å². The Morgan fingerprint density at radius 1 is 1.07 bits per heavy atom. The summed E-state index contributed by atoms with van der Waals surface area (Å²) in [5, 5.41) is 4.16. The fourth-order valence-corrected chi connectivity index (χ4v) is 4.44. The highest BCUT2D eigenvalue weighted by atomic mass is 32.2. The van der Waals surface area contributed by atoms with Crippen molar-refractivity contribution in [3.05, 3.63) is 60.7 Å². The molecule has 0 saturated carbocycles. The highest BCUT2D eigenvalue weighted by Gasteiger charge is 2.12. The topological polar surface area (TPSA) is 84.8 Å². The van der Waals surface area contributed by atoms with Gasteiger partial charge in [0.25, 0.3) is 0 Å². The zero-order chi connectivity index (χ0) is 19.0. The van der Waals surface area contributed by atoms with Crippen LogP contribution in [0.15, 0.2) is 60.0 Å². The molecule has 8 heteroatoms. The summed E-state index contributed by atoms with van der Waals surface area (Å²) >= 11 is 1.58. The third-order valence-corrected chi connectivity index (χ3v) is 6.38. The molecule has 0 amide bonds. The Morgan fingerprint density at radius 2 is 1.85 bits per heavy atom. The fourth-order valence-electron chi connectivity index (χ4n) is 2.73. The monoisotopic (exact) mass is 396 g/mol. The van der Waals surface area contributed by atoms with Crippen LogP contribution in [0, 0.1) is 6.92 Å². The molecule has 136 valence electrons. The number of anilines is 2. The van der Waals surface area contributed by atoms with Crippen LogP contribution >= 0.6 is 11.3 Å². The van der Waals surface area contributed by atoms with Crippen molar-refractivity contribution in [3.8, 4) is 10.4 Å². The van der Waals surface area contributed by atoms with Gasteiger partial charge in [-0.15, -0.1) is 11.3 Å². The normalized spacial score (nSPS) is 11.6. The number of nitrogens with zero attached hydrogens (tertiary/aromatic N) is 3. The number of hydrogen-bond acceptors (Lipinski definition) is 7. The first-order valence-corrected chi connectivity index (χ1v) is 10.9. The average Bonchev–Trinajstić information content (AvgIpc) is 3.07. The summed E-state index contributed by atoms with van der Waals surface area (Å²) < 4.78 is 23.2. The molecule has 4 rings (SSSR count). The number of aryl methyl sites for hydroxylation is 1. The second kappa shape index (κ2) is 6.71. The van der Waals surface area contributed by atoms with E-state index in [4.69, 9.17) is 0 Å². The maximum absolute atomic E-state index is 11.6. The number of hydrogen-bond donors (Lipinski definition) is 1. The number of sulfone groups is 1. The molecule has 0 radical (unpaired) electrons. The Kier molecular flexibility index (Phi) is 4.37. The summed E-state index contributed by atoms with van der Waals surface area (Å²) in [5.41, 5.74) is 2.98. The van der Waals surface area contributed by atoms with Crippen molar-refractivity contribution in [1.82, 2.24) is 15.0 Å². The van der Waals surface area contributed by atoms with Gasteiger partial charge in [-0.25, -0.2) is 18.4 Å². The summed E-state index contributed by atoms with van der Waals surface area (Å²) in [7, 11) is -3.22. The van der Waals surface area contributed by atoms with Gasteiger partial charge in [0.2, 0.25) is 0 Å². The van der Waals surface area contributed by atoms with Crippen molar-refractivity contribution in [1.29, 1.82) is 0 Å². The lowest BCUT2D eigenvalue weighted by Crippen LogP contribution is -1.98. The van der Waals surface area contributed by atoms with Gasteiger partial charge < -0.3 is 5.32 Å². The number of pyridine rings is 1. The zero-order valence-electron chi connectivity index (χ0n) is 14.7. The first kappa shape index (κ1) is 17.6. The van der Waals surface area contributed by atoms with Crippen molar-refractivity contribution in [2.24, 2.45) is 0 Å². The smallest absolute Gasteiger partial charge is 0.175 e. The Morgan fingerprint density at radius 3 is 2.56 bits per heavy atom. The quantitative estimate of drug-likeness (QED) is 0.556. The maximum Gasteiger partial charge on any atom is 0.175 e. The molecule has 0 bridgehead atoms. The average molecular weight is 396 g/mol. The molecule has 0 aliphatic rings. The first-order valence-electron chi connectivity index (χ1n) is 8.14. The molecule has 0 aliphatic heterocycles. The third kappa shape index (κ3) is 3.54. The minimum absolute atomic E-state index is 0.283. The molecule has 0 atom stereocenters. The van der Waals surface area contributed by atoms with E-state index in [1.54, 1.807) is 41.8 Å². The molecule has 27 heavy (non-hydrogen) atoms. The van der Waals surface area contributed by atoms with Gasteiger partial charge >= 0.3 is 0 Å². The van der Waals surface area contributed by atoms with Crippen molar-refractivity contribution in [3.63, 3.8) is 0 Å². The highest BCUT2D eigenvalue weighted by molar-refractivity contribution is 7.90. The minimum Gasteiger partial charge on any atom is -0.340 e. The van der Waals surface area contributed by atoms with Gasteiger partial charge in [-0.3, -0.25) is 4.98 Å². The Hall–Kier alpha value is -2.84. The number of nitrogens with one attached hydrogen (secondary N) is 1. The summed E-state index contributed by atoms with van der Waals surface area (Å²) in [5.74, 6) is 0.677. The molecule has 0 aliphatic carbocycles. The third-order valence-electron chi connectivity index (χ3n) is 4.18. The zero-order valence-corrected chi connectivity index (χ0v) is 16.3. The second-order valence-electron chi connectivity index (χ2n) is 6.16. The molecular weight excluding hydrogens is 380 g/mol. The van der Waals surface area contributed by atoms with Crippen LogP contribution in [0.4, 0.5) is 11.5 Å². The molecule has 3 aromatic heterocycles. The molecule has 0 saturated heterocycles. The van der Waals surface area contributed by atoms with Crippen LogP contribution in [0.2, 0.25) is 0 Å². The molecule has 0 spiro atoms. The van der Waals surface area contributed by atoms with Gasteiger partial charge in [0.15, 0.2) is 9.84 Å². The van der Waals surface area contributed by atoms with E-state index in [0.717, 1.165) is 31.9 Å². The Balaban J connectivity index is 1.71. The second-order valence-corrected chi connectivity index (χ2v) is 9.21. The van der Waals surface area contributed by atoms with Crippen LogP contribution in [-0.2, 0) is 9.84 Å². The molecule has 0 unspecified atom stereocenters. The summed E-state index contributed by atoms with van der Waals surface area (Å²) in [6.07, 6.45) is 6.34. The molecule has 4 aromatic rings. The largest absolute Gasteiger partial charge is 0.340 e. The van der Waals surface area contributed by atoms with E-state index in [-0.39, 0.29) is 4.90 Å². The molecule has 0 fully saturated rings. The van der Waals surface area contributed by atoms with Crippen LogP contribution in [0.25, 0.3) is 20.7 Å². The highest BCUT2D eigenvalue weighted by Crippen LogP contribution is 2.36. The van der Waals surface area contributed by atoms with Crippen molar-refractivity contribution >= 4 is 42.9 Å². The molecular formula is C19H16N4O2S2. The van der Waals surface area contributed by atoms with E-state index in [2.05, 4.69) is 33.3 Å². The van der Waals surface area contributed by atoms with Crippen LogP contribution in [-0.4, -0.2) is 29.6 Å². The van der Waals surface area contributed by atoms with Gasteiger partial charge in [-0.2, -0.15) is 0 Å². The lowest BCUT2D eigenvalue weighted by molar-refractivity contribution is 0.602. The number of thiophene rings is 1. The van der Waals surface area contributed by atoms with E-state index in [0.29, 0.717) is 5.82 Å². The number of aromatic nitrogens is 3. The lowest BCUT2D eigenvalue weighted by atomic mass is 10.1. The van der Waals surface area contributed by atoms with Crippen LogP contribution in [0.5, 0.6) is 0 Å². The number of fused-ring (bicyclic) bond motifs is 1. The predicted molar refractivity (Wildman–Crippen MR) is 108 cm³/mol. The van der Waals surface area contributed by atoms with E-state index in [9.17, 15) is 8.42 Å². The molecule has 6 nitrogen and oxygen atoms in total. The van der Waals surface area contributed by atoms with E-state index in [1.807, 2.05) is 12.3 Å². The summed E-state index contributed by atoms with van der Waals surface area (Å²) in [6, 6.07) is 10.6. The summed E-state index contributed by atoms with van der Waals surface area (Å²) in [6.45, 7) is 2.05. The van der Waals surface area contributed by atoms with Crippen molar-refractivity contribution in [2.45, 2.75) is 11.8 Å². The van der Waals surface area contributed by atoms with Crippen LogP contribution in [0.1, 0.15) is 5.56 Å².